The molecule has 6 heteroatoms. The Hall–Kier alpha value is -1.59. The van der Waals surface area contributed by atoms with Gasteiger partial charge < -0.3 is 16.8 Å². The van der Waals surface area contributed by atoms with E-state index in [2.05, 4.69) is 10.3 Å². The molecule has 0 rings (SSSR count). The largest absolute Gasteiger partial charge is 0.370 e. The third-order valence-electron chi connectivity index (χ3n) is 1.81. The Bertz CT molecular complexity index is 259. The molecule has 0 radical (unpaired) electrons. The Morgan fingerprint density at radius 1 is 1.33 bits per heavy atom. The van der Waals surface area contributed by atoms with E-state index in [-0.39, 0.29) is 17.6 Å². The van der Waals surface area contributed by atoms with Crippen molar-refractivity contribution >= 4 is 17.6 Å². The van der Waals surface area contributed by atoms with E-state index in [1.54, 1.807) is 0 Å². The van der Waals surface area contributed by atoms with Crippen LogP contribution in [0.15, 0.2) is 4.99 Å². The molecule has 0 heterocycles. The van der Waals surface area contributed by atoms with Gasteiger partial charge in [-0.15, -0.1) is 0 Å². The van der Waals surface area contributed by atoms with Crippen LogP contribution < -0.4 is 16.8 Å². The summed E-state index contributed by atoms with van der Waals surface area (Å²) in [5.41, 5.74) is 10.3. The summed E-state index contributed by atoms with van der Waals surface area (Å²) in [5.74, 6) is -0.235. The lowest BCUT2D eigenvalue weighted by atomic mass is 10.1. The Morgan fingerprint density at radius 2 is 1.93 bits per heavy atom. The fraction of sp³-hybridized carbons (Fsp3) is 0.667. The molecule has 0 aromatic carbocycles. The molecule has 1 amide bonds. The fourth-order valence-corrected chi connectivity index (χ4v) is 1.13. The van der Waals surface area contributed by atoms with Gasteiger partial charge in [0.1, 0.15) is 0 Å². The maximum absolute atomic E-state index is 11.1. The summed E-state index contributed by atoms with van der Waals surface area (Å²) in [6, 6.07) is -0.434. The second-order valence-corrected chi connectivity index (χ2v) is 3.31. The predicted octanol–water partition coefficient (Wildman–Crippen LogP) is -0.866. The number of aliphatic imine (C=N–C) groups is 1. The van der Waals surface area contributed by atoms with Gasteiger partial charge in [-0.25, -0.2) is 0 Å². The highest BCUT2D eigenvalue weighted by Crippen LogP contribution is 1.99. The molecule has 5 N–H and O–H groups in total. The lowest BCUT2D eigenvalue weighted by Crippen LogP contribution is -2.38. The summed E-state index contributed by atoms with van der Waals surface area (Å²) in [5, 5.41) is 2.57. The van der Waals surface area contributed by atoms with Crippen LogP contribution in [0.4, 0.5) is 0 Å². The van der Waals surface area contributed by atoms with Gasteiger partial charge in [-0.1, -0.05) is 0 Å². The lowest BCUT2D eigenvalue weighted by Gasteiger charge is -2.13. The molecule has 0 spiro atoms. The van der Waals surface area contributed by atoms with Gasteiger partial charge >= 0.3 is 0 Å². The molecule has 0 saturated heterocycles. The molecule has 0 aromatic rings. The fourth-order valence-electron chi connectivity index (χ4n) is 1.13. The van der Waals surface area contributed by atoms with Crippen LogP contribution in [0.3, 0.4) is 0 Å². The van der Waals surface area contributed by atoms with Gasteiger partial charge in [0, 0.05) is 13.5 Å². The molecular formula is C9H18N4O2. The summed E-state index contributed by atoms with van der Waals surface area (Å²) in [7, 11) is 0. The van der Waals surface area contributed by atoms with Crippen LogP contribution in [0.2, 0.25) is 0 Å². The Kier molecular flexibility index (Phi) is 6.08. The molecule has 0 fully saturated rings. The van der Waals surface area contributed by atoms with Crippen molar-refractivity contribution in [1.82, 2.24) is 5.32 Å². The highest BCUT2D eigenvalue weighted by molar-refractivity contribution is 5.86. The van der Waals surface area contributed by atoms with Crippen LogP contribution in [0.25, 0.3) is 0 Å². The number of carbonyl (C=O) groups is 2. The standard InChI is InChI=1S/C9H18N4O2/c1-6(14)8(13-7(2)15)4-3-5-12-9(10)11/h8H,3-5H2,1-2H3,(H,13,15)(H4,10,11,12). The molecule has 0 aliphatic carbocycles. The number of nitrogens with two attached hydrogens (primary N) is 2. The van der Waals surface area contributed by atoms with Crippen molar-refractivity contribution in [3.63, 3.8) is 0 Å². The van der Waals surface area contributed by atoms with Crippen LogP contribution in [0.1, 0.15) is 26.7 Å². The highest BCUT2D eigenvalue weighted by Gasteiger charge is 2.13. The minimum Gasteiger partial charge on any atom is -0.370 e. The normalized spacial score (nSPS) is 11.6. The smallest absolute Gasteiger partial charge is 0.217 e. The van der Waals surface area contributed by atoms with Crippen LogP contribution in [0, 0.1) is 0 Å². The zero-order valence-electron chi connectivity index (χ0n) is 9.12. The third-order valence-corrected chi connectivity index (χ3v) is 1.81. The molecule has 1 atom stereocenters. The van der Waals surface area contributed by atoms with Crippen molar-refractivity contribution in [2.75, 3.05) is 6.54 Å². The van der Waals surface area contributed by atoms with E-state index in [0.29, 0.717) is 19.4 Å². The van der Waals surface area contributed by atoms with Gasteiger partial charge in [0.15, 0.2) is 11.7 Å². The van der Waals surface area contributed by atoms with E-state index in [0.717, 1.165) is 0 Å². The van der Waals surface area contributed by atoms with Crippen molar-refractivity contribution < 1.29 is 9.59 Å². The zero-order chi connectivity index (χ0) is 11.8. The van der Waals surface area contributed by atoms with Crippen LogP contribution >= 0.6 is 0 Å². The molecule has 0 bridgehead atoms. The molecule has 0 aliphatic rings. The number of Topliss-reactive ketones (excluding diaryl/α,β-unsaturated/α-hetero) is 1. The monoisotopic (exact) mass is 214 g/mol. The molecule has 15 heavy (non-hydrogen) atoms. The first-order chi connectivity index (χ1) is 6.93. The van der Waals surface area contributed by atoms with Gasteiger partial charge in [-0.2, -0.15) is 0 Å². The number of hydrogen-bond donors (Lipinski definition) is 3. The maximum Gasteiger partial charge on any atom is 0.217 e. The first-order valence-electron chi connectivity index (χ1n) is 4.76. The summed E-state index contributed by atoms with van der Waals surface area (Å²) < 4.78 is 0. The number of hydrogen-bond acceptors (Lipinski definition) is 3. The van der Waals surface area contributed by atoms with Crippen LogP contribution in [0.5, 0.6) is 0 Å². The molecular weight excluding hydrogens is 196 g/mol. The molecule has 0 saturated carbocycles. The number of amides is 1. The number of nitrogens with one attached hydrogen (secondary N) is 1. The van der Waals surface area contributed by atoms with Gasteiger partial charge in [-0.05, 0) is 19.8 Å². The number of guanidine groups is 1. The minimum atomic E-state index is -0.434. The average molecular weight is 214 g/mol. The van der Waals surface area contributed by atoms with E-state index in [1.165, 1.54) is 13.8 Å². The number of rotatable bonds is 6. The predicted molar refractivity (Wildman–Crippen MR) is 58.2 cm³/mol. The van der Waals surface area contributed by atoms with Crippen LogP contribution in [-0.4, -0.2) is 30.2 Å². The summed E-state index contributed by atoms with van der Waals surface area (Å²) in [6.07, 6.45) is 1.20. The second kappa shape index (κ2) is 6.80. The van der Waals surface area contributed by atoms with E-state index in [4.69, 9.17) is 11.5 Å². The Morgan fingerprint density at radius 3 is 2.33 bits per heavy atom. The molecule has 0 aliphatic heterocycles. The quantitative estimate of drug-likeness (QED) is 0.303. The summed E-state index contributed by atoms with van der Waals surface area (Å²) in [6.45, 7) is 3.29. The minimum absolute atomic E-state index is 0.0360. The van der Waals surface area contributed by atoms with Gasteiger partial charge in [0.2, 0.25) is 5.91 Å². The van der Waals surface area contributed by atoms with E-state index in [9.17, 15) is 9.59 Å². The average Bonchev–Trinajstić information content (AvgIpc) is 2.08. The lowest BCUT2D eigenvalue weighted by molar-refractivity contribution is -0.125. The number of carbonyl (C=O) groups excluding carboxylic acids is 2. The molecule has 86 valence electrons. The molecule has 6 nitrogen and oxygen atoms in total. The third kappa shape index (κ3) is 7.48. The van der Waals surface area contributed by atoms with Gasteiger partial charge in [0.25, 0.3) is 0 Å². The second-order valence-electron chi connectivity index (χ2n) is 3.31. The first kappa shape index (κ1) is 13.4. The van der Waals surface area contributed by atoms with Crippen molar-refractivity contribution in [1.29, 1.82) is 0 Å². The Balaban J connectivity index is 3.92. The van der Waals surface area contributed by atoms with Crippen molar-refractivity contribution in [3.8, 4) is 0 Å². The van der Waals surface area contributed by atoms with Crippen molar-refractivity contribution in [2.45, 2.75) is 32.7 Å². The molecule has 1 unspecified atom stereocenters. The highest BCUT2D eigenvalue weighted by atomic mass is 16.2. The Labute approximate surface area is 89.1 Å². The number of nitrogens with zero attached hydrogens (tertiary/aromatic N) is 1. The first-order valence-corrected chi connectivity index (χ1v) is 4.76. The van der Waals surface area contributed by atoms with E-state index < -0.39 is 6.04 Å². The van der Waals surface area contributed by atoms with Crippen LogP contribution in [-0.2, 0) is 9.59 Å². The van der Waals surface area contributed by atoms with Gasteiger partial charge in [-0.3, -0.25) is 14.6 Å². The van der Waals surface area contributed by atoms with Gasteiger partial charge in [0.05, 0.1) is 6.04 Å². The van der Waals surface area contributed by atoms with Crippen molar-refractivity contribution in [3.05, 3.63) is 0 Å². The SMILES string of the molecule is CC(=O)NC(CCCN=C(N)N)C(C)=O. The summed E-state index contributed by atoms with van der Waals surface area (Å²) >= 11 is 0. The van der Waals surface area contributed by atoms with Crippen molar-refractivity contribution in [2.24, 2.45) is 16.5 Å². The van der Waals surface area contributed by atoms with E-state index in [1.807, 2.05) is 0 Å². The maximum atomic E-state index is 11.1. The van der Waals surface area contributed by atoms with E-state index >= 15 is 0 Å². The number of ketones is 1. The zero-order valence-corrected chi connectivity index (χ0v) is 9.12. The topological polar surface area (TPSA) is 111 Å². The summed E-state index contributed by atoms with van der Waals surface area (Å²) in [4.78, 5) is 25.7. The molecule has 0 aromatic heterocycles.